The molecule has 0 unspecified atom stereocenters. The Labute approximate surface area is 134 Å². The van der Waals surface area contributed by atoms with Gasteiger partial charge in [0.1, 0.15) is 0 Å². The molecule has 120 valence electrons. The van der Waals surface area contributed by atoms with E-state index in [1.165, 1.54) is 5.56 Å². The first-order chi connectivity index (χ1) is 10.6. The number of hydrogen-bond acceptors (Lipinski definition) is 3. The molecule has 0 spiro atoms. The van der Waals surface area contributed by atoms with Crippen molar-refractivity contribution < 1.29 is 9.47 Å². The summed E-state index contributed by atoms with van der Waals surface area (Å²) in [7, 11) is 7.66. The summed E-state index contributed by atoms with van der Waals surface area (Å²) in [6.45, 7) is 0.704. The number of aryl methyl sites for hydroxylation is 1. The molecular weight excluding hydrogens is 274 g/mol. The number of hydrogen-bond donors (Lipinski definition) is 0. The molecule has 0 aromatic heterocycles. The second-order valence-electron chi connectivity index (χ2n) is 5.43. The summed E-state index contributed by atoms with van der Waals surface area (Å²) in [5, 5.41) is 0. The van der Waals surface area contributed by atoms with Crippen LogP contribution in [0.25, 0.3) is 0 Å². The van der Waals surface area contributed by atoms with E-state index in [4.69, 9.17) is 9.47 Å². The van der Waals surface area contributed by atoms with E-state index in [1.807, 2.05) is 56.4 Å². The number of rotatable bonds is 6. The van der Waals surface area contributed by atoms with Crippen LogP contribution in [-0.4, -0.2) is 39.8 Å². The quantitative estimate of drug-likeness (QED) is 0.756. The molecule has 0 saturated heterocycles. The van der Waals surface area contributed by atoms with Gasteiger partial charge in [0.05, 0.1) is 13.7 Å². The molecule has 0 fully saturated rings. The average Bonchev–Trinajstić information content (AvgIpc) is 2.52. The van der Waals surface area contributed by atoms with Gasteiger partial charge in [-0.15, -0.1) is 0 Å². The van der Waals surface area contributed by atoms with E-state index in [0.29, 0.717) is 6.61 Å². The molecule has 0 N–H and O–H groups in total. The van der Waals surface area contributed by atoms with E-state index in [0.717, 1.165) is 24.3 Å². The largest absolute Gasteiger partial charge is 0.493 e. The molecule has 0 bridgehead atoms. The predicted octanol–water partition coefficient (Wildman–Crippen LogP) is 3.88. The van der Waals surface area contributed by atoms with E-state index in [9.17, 15) is 0 Å². The Morgan fingerprint density at radius 2 is 1.36 bits per heavy atom. The van der Waals surface area contributed by atoms with Crippen molar-refractivity contribution in [2.75, 3.05) is 34.9 Å². The molecule has 0 radical (unpaired) electrons. The third kappa shape index (κ3) is 7.70. The van der Waals surface area contributed by atoms with E-state index in [-0.39, 0.29) is 0 Å². The molecule has 0 atom stereocenters. The zero-order chi connectivity index (χ0) is 16.2. The number of benzene rings is 2. The van der Waals surface area contributed by atoms with Crippen LogP contribution in [0.5, 0.6) is 11.5 Å². The second kappa shape index (κ2) is 10.7. The van der Waals surface area contributed by atoms with Gasteiger partial charge in [-0.1, -0.05) is 42.5 Å². The van der Waals surface area contributed by atoms with Crippen LogP contribution in [0.4, 0.5) is 0 Å². The number of methoxy groups -OCH3 is 1. The van der Waals surface area contributed by atoms with Crippen LogP contribution in [0.1, 0.15) is 12.0 Å². The fourth-order valence-electron chi connectivity index (χ4n) is 1.84. The molecule has 22 heavy (non-hydrogen) atoms. The van der Waals surface area contributed by atoms with Gasteiger partial charge in [0.25, 0.3) is 0 Å². The highest BCUT2D eigenvalue weighted by Crippen LogP contribution is 2.25. The van der Waals surface area contributed by atoms with Gasteiger partial charge in [0, 0.05) is 0 Å². The van der Waals surface area contributed by atoms with Gasteiger partial charge in [-0.3, -0.25) is 0 Å². The molecule has 2 rings (SSSR count). The standard InChI is InChI=1S/C16H18O2.C3H9N/c1-17-15-11-5-6-12-16(15)18-13-7-10-14-8-3-2-4-9-14;1-4(2)3/h2-6,8-9,11-12H,7,10,13H2,1H3;1-3H3. The first-order valence-electron chi connectivity index (χ1n) is 7.54. The molecule has 0 heterocycles. The molecule has 2 aromatic rings. The lowest BCUT2D eigenvalue weighted by Gasteiger charge is -2.10. The first kappa shape index (κ1) is 18.1. The number of nitrogens with zero attached hydrogens (tertiary/aromatic N) is 1. The molecule has 0 amide bonds. The Bertz CT molecular complexity index is 509. The first-order valence-corrected chi connectivity index (χ1v) is 7.54. The van der Waals surface area contributed by atoms with Crippen molar-refractivity contribution in [3.63, 3.8) is 0 Å². The summed E-state index contributed by atoms with van der Waals surface area (Å²) in [5.74, 6) is 1.60. The van der Waals surface area contributed by atoms with Crippen molar-refractivity contribution in [3.8, 4) is 11.5 Å². The highest BCUT2D eigenvalue weighted by Gasteiger charge is 2.01. The molecule has 0 aliphatic carbocycles. The van der Waals surface area contributed by atoms with Gasteiger partial charge in [0.2, 0.25) is 0 Å². The van der Waals surface area contributed by atoms with Crippen LogP contribution in [0.2, 0.25) is 0 Å². The van der Waals surface area contributed by atoms with Gasteiger partial charge < -0.3 is 14.4 Å². The number of ether oxygens (including phenoxy) is 2. The maximum absolute atomic E-state index is 5.72. The molecule has 2 aromatic carbocycles. The van der Waals surface area contributed by atoms with Crippen molar-refractivity contribution >= 4 is 0 Å². The van der Waals surface area contributed by atoms with Crippen LogP contribution >= 0.6 is 0 Å². The summed E-state index contributed by atoms with van der Waals surface area (Å²) in [4.78, 5) is 2.00. The normalized spacial score (nSPS) is 9.86. The third-order valence-electron chi connectivity index (χ3n) is 2.78. The van der Waals surface area contributed by atoms with Crippen LogP contribution < -0.4 is 9.47 Å². The molecule has 0 aliphatic heterocycles. The molecule has 3 heteroatoms. The van der Waals surface area contributed by atoms with Gasteiger partial charge in [-0.25, -0.2) is 0 Å². The van der Waals surface area contributed by atoms with Crippen molar-refractivity contribution in [1.29, 1.82) is 0 Å². The maximum Gasteiger partial charge on any atom is 0.161 e. The lowest BCUT2D eigenvalue weighted by molar-refractivity contribution is 0.289. The van der Waals surface area contributed by atoms with Crippen molar-refractivity contribution in [2.24, 2.45) is 0 Å². The summed E-state index contributed by atoms with van der Waals surface area (Å²) in [6.07, 6.45) is 2.04. The van der Waals surface area contributed by atoms with E-state index in [1.54, 1.807) is 7.11 Å². The monoisotopic (exact) mass is 301 g/mol. The summed E-state index contributed by atoms with van der Waals surface area (Å²) in [5.41, 5.74) is 1.35. The lowest BCUT2D eigenvalue weighted by Crippen LogP contribution is -2.00. The minimum absolute atomic E-state index is 0.704. The molecule has 3 nitrogen and oxygen atoms in total. The Kier molecular flexibility index (Phi) is 8.77. The van der Waals surface area contributed by atoms with Crippen molar-refractivity contribution in [3.05, 3.63) is 60.2 Å². The third-order valence-corrected chi connectivity index (χ3v) is 2.78. The zero-order valence-electron chi connectivity index (χ0n) is 14.1. The maximum atomic E-state index is 5.72. The van der Waals surface area contributed by atoms with Crippen molar-refractivity contribution in [1.82, 2.24) is 4.90 Å². The fourth-order valence-corrected chi connectivity index (χ4v) is 1.84. The summed E-state index contributed by atoms with van der Waals surface area (Å²) in [6, 6.07) is 18.2. The van der Waals surface area contributed by atoms with Crippen LogP contribution in [0, 0.1) is 0 Å². The Balaban J connectivity index is 0.000000541. The van der Waals surface area contributed by atoms with E-state index < -0.39 is 0 Å². The minimum atomic E-state index is 0.704. The smallest absolute Gasteiger partial charge is 0.161 e. The van der Waals surface area contributed by atoms with Gasteiger partial charge in [-0.05, 0) is 51.7 Å². The predicted molar refractivity (Wildman–Crippen MR) is 92.9 cm³/mol. The van der Waals surface area contributed by atoms with Crippen LogP contribution in [0.3, 0.4) is 0 Å². The minimum Gasteiger partial charge on any atom is -0.493 e. The summed E-state index contributed by atoms with van der Waals surface area (Å²) >= 11 is 0. The van der Waals surface area contributed by atoms with Gasteiger partial charge in [0.15, 0.2) is 11.5 Å². The molecular formula is C19H27NO2. The lowest BCUT2D eigenvalue weighted by atomic mass is 10.1. The zero-order valence-corrected chi connectivity index (χ0v) is 14.1. The van der Waals surface area contributed by atoms with Gasteiger partial charge in [-0.2, -0.15) is 0 Å². The number of para-hydroxylation sites is 2. The Morgan fingerprint density at radius 3 is 1.95 bits per heavy atom. The Morgan fingerprint density at radius 1 is 0.818 bits per heavy atom. The van der Waals surface area contributed by atoms with Crippen LogP contribution in [0.15, 0.2) is 54.6 Å². The Hall–Kier alpha value is -2.00. The van der Waals surface area contributed by atoms with E-state index in [2.05, 4.69) is 24.3 Å². The SMILES string of the molecule is CN(C)C.COc1ccccc1OCCCc1ccccc1. The topological polar surface area (TPSA) is 21.7 Å². The second-order valence-corrected chi connectivity index (χ2v) is 5.43. The molecule has 0 saturated carbocycles. The van der Waals surface area contributed by atoms with Crippen LogP contribution in [-0.2, 0) is 6.42 Å². The average molecular weight is 301 g/mol. The highest BCUT2D eigenvalue weighted by molar-refractivity contribution is 5.39. The highest BCUT2D eigenvalue weighted by atomic mass is 16.5. The summed E-state index contributed by atoms with van der Waals surface area (Å²) < 4.78 is 11.0. The fraction of sp³-hybridized carbons (Fsp3) is 0.368. The van der Waals surface area contributed by atoms with Crippen molar-refractivity contribution in [2.45, 2.75) is 12.8 Å². The van der Waals surface area contributed by atoms with E-state index >= 15 is 0 Å². The van der Waals surface area contributed by atoms with Gasteiger partial charge >= 0.3 is 0 Å². The molecule has 0 aliphatic rings.